The molecule has 1 aromatic carbocycles. The van der Waals surface area contributed by atoms with E-state index in [4.69, 9.17) is 16.6 Å². The lowest BCUT2D eigenvalue weighted by Crippen LogP contribution is -2.76. The molecule has 0 bridgehead atoms. The third kappa shape index (κ3) is 21.2. The van der Waals surface area contributed by atoms with Crippen molar-refractivity contribution in [1.29, 1.82) is 0 Å². The SMILES string of the molecule is CC[C@H](C)[C@H]1CN[C@@H](C)C(C)NCC2[C@@H](C(=O)N3CCCCC3)C(C)N2[C@@H](C(C)C)C(C)NC2(CCCC2)CNCCNC=CC(CCc2ccc(C(F)(F)F)c(Cl)c2)=NC=CN(C)C=C(CC2CCCCC2)N(C)C=C2CCCN2[C@@H](CCC(C)C)C(C)N1. The molecule has 17 heteroatoms. The molecule has 1 aromatic rings. The van der Waals surface area contributed by atoms with Crippen LogP contribution in [0.5, 0.6) is 0 Å². The molecule has 1 amide bonds. The fourth-order valence-corrected chi connectivity index (χ4v) is 16.3. The number of amides is 1. The van der Waals surface area contributed by atoms with Crippen molar-refractivity contribution in [2.45, 2.75) is 271 Å². The van der Waals surface area contributed by atoms with Gasteiger partial charge in [0.15, 0.2) is 0 Å². The van der Waals surface area contributed by atoms with Crippen LogP contribution < -0.4 is 31.9 Å². The third-order valence-corrected chi connectivity index (χ3v) is 22.0. The molecule has 0 radical (unpaired) electrons. The number of allylic oxidation sites excluding steroid dienone is 3. The molecule has 2 aliphatic carbocycles. The van der Waals surface area contributed by atoms with Crippen molar-refractivity contribution >= 4 is 23.2 Å². The van der Waals surface area contributed by atoms with E-state index in [-0.39, 0.29) is 64.8 Å². The standard InChI is InChI=1S/C73H124ClF3N12O/c1-14-53(6)66-46-81-54(7)55(8)82-47-68-69(71(90)87-40-21-16-22-41-87)58(11)89(68)70(52(4)5)57(10)84-72(34-19-20-35-72)50-79-38-37-78-36-33-61(30-28-60-29-31-64(65(74)45-60)73(75,76)77)80-39-43-85(12)48-63(44-59-24-17-15-18-25-59)86(13)49-62-26-23-42-88(62)67(56(9)83-66)32-27-51(2)3/h29,31,33,36,39,43,45,48-49,51-59,66-70,78-79,81-84H,14-28,30,32,34-35,37-38,40-42,44,46-47,50H2,1-13H3/t53-,54-,55?,56?,57?,58?,66+,67-,68?,69-,70-/m0/s1. The summed E-state index contributed by atoms with van der Waals surface area (Å²) >= 11 is 6.21. The van der Waals surface area contributed by atoms with Crippen molar-refractivity contribution in [3.8, 4) is 0 Å². The second-order valence-electron chi connectivity index (χ2n) is 29.4. The average molecular weight is 1280 g/mol. The molecule has 1 spiro atoms. The van der Waals surface area contributed by atoms with E-state index in [2.05, 4.69) is 159 Å². The van der Waals surface area contributed by atoms with Crippen molar-refractivity contribution in [3.63, 3.8) is 0 Å². The number of carbonyl (C=O) groups excluding carboxylic acids is 1. The number of alkyl halides is 3. The van der Waals surface area contributed by atoms with Gasteiger partial charge in [0.2, 0.25) is 5.91 Å². The summed E-state index contributed by atoms with van der Waals surface area (Å²) in [7, 11) is 4.33. The fraction of sp³-hybridized carbons (Fsp3) is 0.781. The lowest BCUT2D eigenvalue weighted by atomic mass is 9.74. The largest absolute Gasteiger partial charge is 0.417 e. The lowest BCUT2D eigenvalue weighted by molar-refractivity contribution is -0.162. The highest BCUT2D eigenvalue weighted by molar-refractivity contribution is 6.31. The Hall–Kier alpha value is -3.64. The predicted molar refractivity (Wildman–Crippen MR) is 370 cm³/mol. The molecule has 7 rings (SSSR count). The van der Waals surface area contributed by atoms with Gasteiger partial charge >= 0.3 is 6.18 Å². The average Bonchev–Trinajstić information content (AvgIpc) is 0.941. The monoisotopic (exact) mass is 1280 g/mol. The number of hydrogen-bond acceptors (Lipinski definition) is 12. The van der Waals surface area contributed by atoms with Crippen LogP contribution in [0.2, 0.25) is 5.02 Å². The molecule has 5 fully saturated rings. The van der Waals surface area contributed by atoms with Crippen LogP contribution in [0.25, 0.3) is 0 Å². The number of rotatable bonds is 12. The number of halogens is 4. The molecule has 11 atom stereocenters. The quantitative estimate of drug-likeness (QED) is 0.120. The number of benzene rings is 1. The zero-order valence-electron chi connectivity index (χ0n) is 58.2. The van der Waals surface area contributed by atoms with E-state index < -0.39 is 11.7 Å². The second-order valence-corrected chi connectivity index (χ2v) is 29.8. The molecular weight excluding hydrogens is 1150 g/mol. The van der Waals surface area contributed by atoms with Crippen LogP contribution >= 0.6 is 11.6 Å². The van der Waals surface area contributed by atoms with Crippen LogP contribution in [0.3, 0.4) is 0 Å². The number of aliphatic imine (C=N–C) groups is 1. The Morgan fingerprint density at radius 1 is 0.822 bits per heavy atom. The van der Waals surface area contributed by atoms with Gasteiger partial charge in [0.05, 0.1) is 16.5 Å². The minimum Gasteiger partial charge on any atom is -0.390 e. The van der Waals surface area contributed by atoms with Gasteiger partial charge in [0, 0.05) is 168 Å². The van der Waals surface area contributed by atoms with E-state index in [9.17, 15) is 18.0 Å². The number of likely N-dealkylation sites (tertiary alicyclic amines) is 1. The van der Waals surface area contributed by atoms with Gasteiger partial charge in [0.1, 0.15) is 0 Å². The minimum atomic E-state index is -4.52. The number of hydrogen-bond donors (Lipinski definition) is 6. The minimum absolute atomic E-state index is 0.0375. The summed E-state index contributed by atoms with van der Waals surface area (Å²) in [4.78, 5) is 32.0. The van der Waals surface area contributed by atoms with E-state index in [0.717, 1.165) is 121 Å². The number of piperidine rings is 1. The van der Waals surface area contributed by atoms with Gasteiger partial charge in [-0.2, -0.15) is 13.2 Å². The molecular formula is C73H124ClF3N12O. The lowest BCUT2D eigenvalue weighted by Gasteiger charge is -2.60. The van der Waals surface area contributed by atoms with Crippen LogP contribution in [0.4, 0.5) is 13.2 Å². The van der Waals surface area contributed by atoms with Gasteiger partial charge in [-0.1, -0.05) is 111 Å². The number of fused-ring (bicyclic) bond motifs is 2. The molecule has 13 nitrogen and oxygen atoms in total. The Morgan fingerprint density at radius 2 is 1.52 bits per heavy atom. The van der Waals surface area contributed by atoms with Gasteiger partial charge in [0.25, 0.3) is 0 Å². The summed E-state index contributed by atoms with van der Waals surface area (Å²) in [6, 6.07) is 5.99. The van der Waals surface area contributed by atoms with Crippen LogP contribution in [-0.2, 0) is 17.4 Å². The third-order valence-electron chi connectivity index (χ3n) is 21.7. The normalized spacial score (nSPS) is 29.9. The summed E-state index contributed by atoms with van der Waals surface area (Å²) in [5.41, 5.74) is 3.36. The van der Waals surface area contributed by atoms with Gasteiger partial charge in [-0.3, -0.25) is 14.7 Å². The highest BCUT2D eigenvalue weighted by Gasteiger charge is 2.55. The molecule has 6 aliphatic rings. The molecule has 4 aliphatic heterocycles. The first kappa shape index (κ1) is 73.8. The van der Waals surface area contributed by atoms with Gasteiger partial charge < -0.3 is 51.5 Å². The zero-order valence-corrected chi connectivity index (χ0v) is 58.9. The summed E-state index contributed by atoms with van der Waals surface area (Å²) in [6.45, 7) is 32.9. The first-order valence-corrected chi connectivity index (χ1v) is 36.3. The van der Waals surface area contributed by atoms with Crippen molar-refractivity contribution in [1.82, 2.24) is 56.4 Å². The van der Waals surface area contributed by atoms with Gasteiger partial charge in [-0.05, 0) is 165 Å². The van der Waals surface area contributed by atoms with E-state index in [1.807, 2.05) is 24.7 Å². The van der Waals surface area contributed by atoms with Crippen LogP contribution in [-0.4, -0.2) is 162 Å². The molecule has 510 valence electrons. The van der Waals surface area contributed by atoms with Crippen LogP contribution in [0, 0.1) is 29.6 Å². The number of aryl methyl sites for hydroxylation is 1. The maximum atomic E-state index is 14.7. The zero-order chi connectivity index (χ0) is 65.1. The van der Waals surface area contributed by atoms with E-state index in [0.29, 0.717) is 55.0 Å². The van der Waals surface area contributed by atoms with Gasteiger partial charge in [-0.15, -0.1) is 0 Å². The topological polar surface area (TPSA) is 118 Å². The number of nitrogens with zero attached hydrogens (tertiary/aromatic N) is 6. The Balaban J connectivity index is 1.20. The Labute approximate surface area is 549 Å². The van der Waals surface area contributed by atoms with Crippen molar-refractivity contribution in [3.05, 3.63) is 82.8 Å². The van der Waals surface area contributed by atoms with Crippen molar-refractivity contribution < 1.29 is 18.0 Å². The number of carbonyl (C=O) groups is 1. The molecule has 6 N–H and O–H groups in total. The van der Waals surface area contributed by atoms with Crippen molar-refractivity contribution in [2.24, 2.45) is 34.6 Å². The summed E-state index contributed by atoms with van der Waals surface area (Å²) in [5.74, 6) is 2.38. The predicted octanol–water partition coefficient (Wildman–Crippen LogP) is 13.7. The summed E-state index contributed by atoms with van der Waals surface area (Å²) in [6.07, 6.45) is 30.0. The fourth-order valence-electron chi connectivity index (χ4n) is 16.0. The highest BCUT2D eigenvalue weighted by Crippen LogP contribution is 2.41. The van der Waals surface area contributed by atoms with E-state index in [1.165, 1.54) is 81.3 Å². The highest BCUT2D eigenvalue weighted by atomic mass is 35.5. The van der Waals surface area contributed by atoms with Crippen molar-refractivity contribution in [2.75, 3.05) is 66.5 Å². The first-order valence-electron chi connectivity index (χ1n) is 35.9. The Bertz CT molecular complexity index is 2480. The van der Waals surface area contributed by atoms with Crippen LogP contribution in [0.1, 0.15) is 209 Å². The van der Waals surface area contributed by atoms with Crippen LogP contribution in [0.15, 0.2) is 71.7 Å². The maximum absolute atomic E-state index is 14.7. The number of nitrogens with one attached hydrogen (secondary N) is 6. The molecule has 5 unspecified atom stereocenters. The Kier molecular flexibility index (Phi) is 29.3. The van der Waals surface area contributed by atoms with Gasteiger partial charge in [-0.25, -0.2) is 0 Å². The van der Waals surface area contributed by atoms with E-state index in [1.54, 1.807) is 0 Å². The smallest absolute Gasteiger partial charge is 0.390 e. The summed E-state index contributed by atoms with van der Waals surface area (Å²) < 4.78 is 41.1. The molecule has 4 heterocycles. The second kappa shape index (κ2) is 35.7. The molecule has 3 saturated heterocycles. The molecule has 2 saturated carbocycles. The maximum Gasteiger partial charge on any atom is 0.417 e. The first-order chi connectivity index (χ1) is 43.0. The summed E-state index contributed by atoms with van der Waals surface area (Å²) in [5, 5.41) is 23.8. The Morgan fingerprint density at radius 3 is 2.19 bits per heavy atom. The molecule has 0 aromatic heterocycles. The van der Waals surface area contributed by atoms with E-state index >= 15 is 0 Å². The molecule has 90 heavy (non-hydrogen) atoms.